The monoisotopic (exact) mass is 611 g/mol. The molecule has 0 radical (unpaired) electrons. The van der Waals surface area contributed by atoms with Crippen molar-refractivity contribution >= 4 is 24.0 Å². The van der Waals surface area contributed by atoms with E-state index in [2.05, 4.69) is 0 Å². The molecule has 0 amide bonds. The number of rotatable bonds is 8. The van der Waals surface area contributed by atoms with Crippen LogP contribution in [0.15, 0.2) is 24.3 Å². The van der Waals surface area contributed by atoms with Gasteiger partial charge in [0, 0.05) is 32.3 Å². The number of allylic oxidation sites excluding steroid dienone is 3. The zero-order valence-electron chi connectivity index (χ0n) is 26.3. The number of nitrogens with zero attached hydrogens (tertiary/aromatic N) is 1. The van der Waals surface area contributed by atoms with Gasteiger partial charge in [0.25, 0.3) is 0 Å². The maximum absolute atomic E-state index is 13.0. The molecule has 0 aliphatic carbocycles. The predicted octanol–water partition coefficient (Wildman–Crippen LogP) is 1.74. The van der Waals surface area contributed by atoms with E-state index in [9.17, 15) is 29.4 Å². The molecule has 0 bridgehead atoms. The van der Waals surface area contributed by atoms with Crippen LogP contribution in [-0.4, -0.2) is 115 Å². The van der Waals surface area contributed by atoms with Crippen molar-refractivity contribution in [2.75, 3.05) is 21.2 Å². The van der Waals surface area contributed by atoms with Gasteiger partial charge in [0.05, 0.1) is 30.8 Å². The molecule has 2 N–H and O–H groups in total. The van der Waals surface area contributed by atoms with Crippen molar-refractivity contribution < 1.29 is 53.1 Å². The van der Waals surface area contributed by atoms with E-state index in [1.54, 1.807) is 64.9 Å². The molecule has 0 aromatic rings. The molecule has 0 aromatic heterocycles. The lowest BCUT2D eigenvalue weighted by molar-refractivity contribution is -0.309. The number of ether oxygens (including phenoxy) is 5. The van der Waals surface area contributed by atoms with Gasteiger partial charge in [-0.3, -0.25) is 14.4 Å². The molecule has 11 atom stereocenters. The molecule has 0 saturated carbocycles. The molecule has 12 heteroatoms. The molecule has 0 aromatic carbocycles. The Bertz CT molecular complexity index is 983. The smallest absolute Gasteiger partial charge is 0.309 e. The first kappa shape index (κ1) is 36.7. The molecule has 2 heterocycles. The largest absolute Gasteiger partial charge is 0.462 e. The van der Waals surface area contributed by atoms with Crippen LogP contribution in [0.25, 0.3) is 0 Å². The van der Waals surface area contributed by atoms with Gasteiger partial charge < -0.3 is 43.6 Å². The van der Waals surface area contributed by atoms with Crippen LogP contribution < -0.4 is 0 Å². The van der Waals surface area contributed by atoms with E-state index < -0.39 is 78.8 Å². The summed E-state index contributed by atoms with van der Waals surface area (Å²) in [4.78, 5) is 52.2. The van der Waals surface area contributed by atoms with Gasteiger partial charge in [0.15, 0.2) is 12.1 Å². The van der Waals surface area contributed by atoms with E-state index in [1.807, 2.05) is 0 Å². The second-order valence-corrected chi connectivity index (χ2v) is 11.6. The molecule has 12 nitrogen and oxygen atoms in total. The lowest BCUT2D eigenvalue weighted by Gasteiger charge is -2.46. The quantitative estimate of drug-likeness (QED) is 0.303. The minimum Gasteiger partial charge on any atom is -0.462 e. The SMILES string of the molecule is CCC(=O)O[C@@H]1CC(=O)O[C@H](C)C/C=C/C=C/C(=O)[C@@H](C)C[C@@H](CC=O)[C@H](O[C@@H]2O[C@H](C)[C@@H](O)[C@@H](N(C)C)[C@H]2O)[C@H]1OC. The number of methoxy groups -OCH3 is 1. The van der Waals surface area contributed by atoms with Crippen LogP contribution in [0.5, 0.6) is 0 Å². The molecule has 2 aliphatic rings. The van der Waals surface area contributed by atoms with Crippen molar-refractivity contribution in [3.63, 3.8) is 0 Å². The van der Waals surface area contributed by atoms with Gasteiger partial charge in [0.1, 0.15) is 30.7 Å². The standard InChI is InChI=1S/C31H49NO11/c1-8-24(35)42-23-17-25(36)40-19(3)12-10-9-11-13-22(34)18(2)16-21(14-15-33)29(30(23)39-7)43-31-28(38)26(32(5)6)27(37)20(4)41-31/h9-11,13,15,18-21,23,26-31,37-38H,8,12,14,16-17H2,1-7H3/b10-9+,13-11+/t18-,19+,20+,21+,23+,26+,27+,28+,29-,30-,31-/m0/s1. The van der Waals surface area contributed by atoms with Crippen molar-refractivity contribution in [1.82, 2.24) is 4.90 Å². The zero-order valence-corrected chi connectivity index (χ0v) is 26.3. The van der Waals surface area contributed by atoms with Gasteiger partial charge in [-0.25, -0.2) is 0 Å². The Morgan fingerprint density at radius 2 is 1.81 bits per heavy atom. The van der Waals surface area contributed by atoms with Gasteiger partial charge in [-0.15, -0.1) is 0 Å². The minimum absolute atomic E-state index is 0.0225. The average Bonchev–Trinajstić information content (AvgIpc) is 2.94. The van der Waals surface area contributed by atoms with E-state index in [4.69, 9.17) is 23.7 Å². The van der Waals surface area contributed by atoms with Crippen molar-refractivity contribution in [3.8, 4) is 0 Å². The van der Waals surface area contributed by atoms with Gasteiger partial charge in [-0.1, -0.05) is 32.1 Å². The summed E-state index contributed by atoms with van der Waals surface area (Å²) in [5.41, 5.74) is 0. The van der Waals surface area contributed by atoms with Crippen LogP contribution in [-0.2, 0) is 42.9 Å². The van der Waals surface area contributed by atoms with Gasteiger partial charge in [-0.2, -0.15) is 0 Å². The van der Waals surface area contributed by atoms with E-state index in [0.29, 0.717) is 12.7 Å². The Labute approximate surface area is 254 Å². The van der Waals surface area contributed by atoms with Crippen molar-refractivity contribution in [2.45, 2.75) is 115 Å². The van der Waals surface area contributed by atoms with E-state index in [-0.39, 0.29) is 31.5 Å². The highest BCUT2D eigenvalue weighted by Gasteiger charge is 2.48. The summed E-state index contributed by atoms with van der Waals surface area (Å²) in [5.74, 6) is -2.63. The fraction of sp³-hybridized carbons (Fsp3) is 0.742. The zero-order chi connectivity index (χ0) is 32.3. The number of aldehydes is 1. The van der Waals surface area contributed by atoms with Crippen LogP contribution >= 0.6 is 0 Å². The van der Waals surface area contributed by atoms with Gasteiger partial charge in [0.2, 0.25) is 0 Å². The van der Waals surface area contributed by atoms with Crippen LogP contribution in [0.3, 0.4) is 0 Å². The lowest BCUT2D eigenvalue weighted by atomic mass is 9.83. The minimum atomic E-state index is -1.33. The Morgan fingerprint density at radius 3 is 2.42 bits per heavy atom. The Morgan fingerprint density at radius 1 is 1.12 bits per heavy atom. The van der Waals surface area contributed by atoms with Crippen molar-refractivity contribution in [3.05, 3.63) is 24.3 Å². The molecule has 0 unspecified atom stereocenters. The number of aliphatic hydroxyl groups is 2. The molecule has 0 spiro atoms. The van der Waals surface area contributed by atoms with Crippen LogP contribution in [0.1, 0.15) is 59.8 Å². The molecule has 1 saturated heterocycles. The summed E-state index contributed by atoms with van der Waals surface area (Å²) in [5, 5.41) is 22.0. The molecule has 1 fully saturated rings. The first-order valence-electron chi connectivity index (χ1n) is 14.9. The molecule has 43 heavy (non-hydrogen) atoms. The summed E-state index contributed by atoms with van der Waals surface area (Å²) in [6.45, 7) is 6.70. The number of aliphatic hydroxyl groups excluding tert-OH is 2. The second kappa shape index (κ2) is 17.7. The van der Waals surface area contributed by atoms with E-state index in [0.717, 1.165) is 0 Å². The molecule has 2 aliphatic heterocycles. The second-order valence-electron chi connectivity index (χ2n) is 11.6. The number of hydrogen-bond acceptors (Lipinski definition) is 12. The highest BCUT2D eigenvalue weighted by atomic mass is 16.7. The number of likely N-dealkylation sites (N-methyl/N-ethyl adjacent to an activating group) is 1. The summed E-state index contributed by atoms with van der Waals surface area (Å²) >= 11 is 0. The average molecular weight is 612 g/mol. The number of ketones is 1. The Balaban J connectivity index is 2.63. The third-order valence-corrected chi connectivity index (χ3v) is 7.91. The first-order valence-corrected chi connectivity index (χ1v) is 14.9. The molecular formula is C31H49NO11. The maximum atomic E-state index is 13.0. The fourth-order valence-corrected chi connectivity index (χ4v) is 5.53. The fourth-order valence-electron chi connectivity index (χ4n) is 5.53. The first-order chi connectivity index (χ1) is 20.3. The Hall–Kier alpha value is -2.48. The molecule has 2 rings (SSSR count). The Kier molecular flexibility index (Phi) is 15.1. The lowest BCUT2D eigenvalue weighted by Crippen LogP contribution is -2.63. The number of carbonyl (C=O) groups excluding carboxylic acids is 4. The topological polar surface area (TPSA) is 158 Å². The summed E-state index contributed by atoms with van der Waals surface area (Å²) < 4.78 is 29.4. The summed E-state index contributed by atoms with van der Waals surface area (Å²) in [7, 11) is 4.76. The van der Waals surface area contributed by atoms with Gasteiger partial charge in [-0.05, 0) is 46.4 Å². The third kappa shape index (κ3) is 10.6. The summed E-state index contributed by atoms with van der Waals surface area (Å²) in [6.07, 6.45) is -0.952. The number of esters is 2. The van der Waals surface area contributed by atoms with Crippen molar-refractivity contribution in [2.24, 2.45) is 11.8 Å². The summed E-state index contributed by atoms with van der Waals surface area (Å²) in [6, 6.07) is -0.755. The molecule has 244 valence electrons. The number of hydrogen-bond donors (Lipinski definition) is 2. The van der Waals surface area contributed by atoms with Gasteiger partial charge >= 0.3 is 11.9 Å². The number of cyclic esters (lactones) is 1. The number of carbonyl (C=O) groups is 4. The van der Waals surface area contributed by atoms with Crippen LogP contribution in [0.4, 0.5) is 0 Å². The molecular weight excluding hydrogens is 562 g/mol. The maximum Gasteiger partial charge on any atom is 0.309 e. The van der Waals surface area contributed by atoms with E-state index >= 15 is 0 Å². The highest BCUT2D eigenvalue weighted by Crippen LogP contribution is 2.33. The normalized spacial score (nSPS) is 38.2. The highest BCUT2D eigenvalue weighted by molar-refractivity contribution is 5.91. The predicted molar refractivity (Wildman–Crippen MR) is 156 cm³/mol. The van der Waals surface area contributed by atoms with Crippen LogP contribution in [0, 0.1) is 11.8 Å². The van der Waals surface area contributed by atoms with Crippen LogP contribution in [0.2, 0.25) is 0 Å². The van der Waals surface area contributed by atoms with Crippen molar-refractivity contribution in [1.29, 1.82) is 0 Å². The van der Waals surface area contributed by atoms with E-state index in [1.165, 1.54) is 13.2 Å². The third-order valence-electron chi connectivity index (χ3n) is 7.91.